The molecule has 0 fully saturated rings. The Morgan fingerprint density at radius 2 is 1.78 bits per heavy atom. The minimum Gasteiger partial charge on any atom is -0.365 e. The molecule has 0 saturated carbocycles. The van der Waals surface area contributed by atoms with Gasteiger partial charge in [0.05, 0.1) is 11.9 Å². The first-order valence-electron chi connectivity index (χ1n) is 7.24. The molecule has 0 saturated heterocycles. The summed E-state index contributed by atoms with van der Waals surface area (Å²) >= 11 is 0. The maximum atomic E-state index is 13.2. The van der Waals surface area contributed by atoms with Gasteiger partial charge in [0.25, 0.3) is 0 Å². The number of halogens is 1. The first-order chi connectivity index (χ1) is 10.9. The molecule has 2 aromatic rings. The van der Waals surface area contributed by atoms with Crippen LogP contribution in [0.2, 0.25) is 0 Å². The highest BCUT2D eigenvalue weighted by Gasteiger charge is 2.27. The van der Waals surface area contributed by atoms with E-state index in [9.17, 15) is 12.3 Å². The number of aryl methyl sites for hydroxylation is 1. The van der Waals surface area contributed by atoms with Crippen molar-refractivity contribution in [3.63, 3.8) is 0 Å². The highest BCUT2D eigenvalue weighted by atomic mass is 32.3. The summed E-state index contributed by atoms with van der Waals surface area (Å²) in [5, 5.41) is -1.19. The van der Waals surface area contributed by atoms with Crippen molar-refractivity contribution in [2.45, 2.75) is 38.2 Å². The summed E-state index contributed by atoms with van der Waals surface area (Å²) < 4.78 is 41.1. The molecule has 1 heterocycles. The van der Waals surface area contributed by atoms with Crippen molar-refractivity contribution in [3.8, 4) is 0 Å². The number of rotatable bonds is 7. The van der Waals surface area contributed by atoms with Crippen LogP contribution in [0.4, 0.5) is 3.89 Å². The lowest BCUT2D eigenvalue weighted by atomic mass is 10.2. The van der Waals surface area contributed by atoms with Crippen LogP contribution in [0.25, 0.3) is 0 Å². The van der Waals surface area contributed by atoms with Crippen LogP contribution in [-0.2, 0) is 21.6 Å². The maximum Gasteiger partial charge on any atom is 0.305 e. The molecule has 0 aliphatic carbocycles. The summed E-state index contributed by atoms with van der Waals surface area (Å²) in [5.41, 5.74) is 1.81. The molecule has 0 amide bonds. The lowest BCUT2D eigenvalue weighted by molar-refractivity contribution is 0.0279. The molecule has 0 spiro atoms. The standard InChI is InChI=1S/C16H19FN2O3S/c1-12-9-18-16(19-10-12)15(8-13(2)23(17,20)21)22-11-14-6-4-3-5-7-14/h3-7,9-10,13,15H,8,11H2,1-2H3. The monoisotopic (exact) mass is 338 g/mol. The number of aromatic nitrogens is 2. The highest BCUT2D eigenvalue weighted by molar-refractivity contribution is 7.86. The van der Waals surface area contributed by atoms with Crippen LogP contribution in [0, 0.1) is 6.92 Å². The van der Waals surface area contributed by atoms with Gasteiger partial charge in [0, 0.05) is 12.4 Å². The molecule has 0 bridgehead atoms. The van der Waals surface area contributed by atoms with Gasteiger partial charge in [-0.15, -0.1) is 3.89 Å². The normalized spacial score (nSPS) is 14.4. The van der Waals surface area contributed by atoms with E-state index in [2.05, 4.69) is 9.97 Å². The molecular weight excluding hydrogens is 319 g/mol. The van der Waals surface area contributed by atoms with E-state index in [0.29, 0.717) is 5.82 Å². The van der Waals surface area contributed by atoms with Crippen LogP contribution in [-0.4, -0.2) is 23.6 Å². The Bertz CT molecular complexity index is 721. The second kappa shape index (κ2) is 7.61. The van der Waals surface area contributed by atoms with Crippen molar-refractivity contribution in [2.24, 2.45) is 0 Å². The number of ether oxygens (including phenoxy) is 1. The van der Waals surface area contributed by atoms with E-state index < -0.39 is 21.6 Å². The molecule has 1 aromatic carbocycles. The fourth-order valence-electron chi connectivity index (χ4n) is 2.00. The molecule has 2 rings (SSSR count). The van der Waals surface area contributed by atoms with E-state index in [0.717, 1.165) is 11.1 Å². The van der Waals surface area contributed by atoms with Gasteiger partial charge < -0.3 is 4.74 Å². The smallest absolute Gasteiger partial charge is 0.305 e. The molecular formula is C16H19FN2O3S. The van der Waals surface area contributed by atoms with Crippen molar-refractivity contribution < 1.29 is 17.0 Å². The minimum absolute atomic E-state index is 0.0469. The van der Waals surface area contributed by atoms with Gasteiger partial charge in [0.1, 0.15) is 6.10 Å². The minimum atomic E-state index is -4.63. The third kappa shape index (κ3) is 5.37. The van der Waals surface area contributed by atoms with E-state index in [4.69, 9.17) is 4.74 Å². The van der Waals surface area contributed by atoms with Crippen LogP contribution in [0.15, 0.2) is 42.7 Å². The predicted molar refractivity (Wildman–Crippen MR) is 84.8 cm³/mol. The van der Waals surface area contributed by atoms with Crippen LogP contribution >= 0.6 is 0 Å². The second-order valence-corrected chi connectivity index (χ2v) is 7.18. The third-order valence-electron chi connectivity index (χ3n) is 3.41. The Hall–Kier alpha value is -1.86. The first kappa shape index (κ1) is 17.5. The Labute approximate surface area is 135 Å². The lowest BCUT2D eigenvalue weighted by Gasteiger charge is -2.19. The van der Waals surface area contributed by atoms with E-state index in [1.807, 2.05) is 37.3 Å². The molecule has 2 atom stereocenters. The fourth-order valence-corrected chi connectivity index (χ4v) is 2.41. The second-order valence-electron chi connectivity index (χ2n) is 5.43. The van der Waals surface area contributed by atoms with Crippen LogP contribution < -0.4 is 0 Å². The first-order valence-corrected chi connectivity index (χ1v) is 8.68. The van der Waals surface area contributed by atoms with Crippen molar-refractivity contribution in [1.82, 2.24) is 9.97 Å². The average Bonchev–Trinajstić information content (AvgIpc) is 2.52. The van der Waals surface area contributed by atoms with Gasteiger partial charge >= 0.3 is 10.2 Å². The van der Waals surface area contributed by atoms with Crippen LogP contribution in [0.1, 0.15) is 36.4 Å². The van der Waals surface area contributed by atoms with Crippen molar-refractivity contribution >= 4 is 10.2 Å². The number of nitrogens with zero attached hydrogens (tertiary/aromatic N) is 2. The molecule has 0 aliphatic heterocycles. The number of hydrogen-bond acceptors (Lipinski definition) is 5. The number of benzene rings is 1. The van der Waals surface area contributed by atoms with E-state index in [1.54, 1.807) is 12.4 Å². The zero-order valence-corrected chi connectivity index (χ0v) is 13.8. The summed E-state index contributed by atoms with van der Waals surface area (Å²) in [6.07, 6.45) is 2.50. The Balaban J connectivity index is 2.15. The quantitative estimate of drug-likeness (QED) is 0.726. The molecule has 23 heavy (non-hydrogen) atoms. The zero-order chi connectivity index (χ0) is 16.9. The molecule has 124 valence electrons. The van der Waals surface area contributed by atoms with Crippen LogP contribution in [0.5, 0.6) is 0 Å². The lowest BCUT2D eigenvalue weighted by Crippen LogP contribution is -2.20. The SMILES string of the molecule is Cc1cnc(C(CC(C)S(=O)(=O)F)OCc2ccccc2)nc1. The summed E-state index contributed by atoms with van der Waals surface area (Å²) in [6.45, 7) is 3.42. The van der Waals surface area contributed by atoms with Gasteiger partial charge in [0.2, 0.25) is 0 Å². The Morgan fingerprint density at radius 3 is 2.35 bits per heavy atom. The largest absolute Gasteiger partial charge is 0.365 e. The van der Waals surface area contributed by atoms with E-state index >= 15 is 0 Å². The van der Waals surface area contributed by atoms with Crippen molar-refractivity contribution in [2.75, 3.05) is 0 Å². The van der Waals surface area contributed by atoms with Gasteiger partial charge in [0.15, 0.2) is 5.82 Å². The van der Waals surface area contributed by atoms with Crippen molar-refractivity contribution in [1.29, 1.82) is 0 Å². The molecule has 5 nitrogen and oxygen atoms in total. The van der Waals surface area contributed by atoms with Crippen LogP contribution in [0.3, 0.4) is 0 Å². The average molecular weight is 338 g/mol. The molecule has 2 unspecified atom stereocenters. The summed E-state index contributed by atoms with van der Waals surface area (Å²) in [5.74, 6) is 0.349. The van der Waals surface area contributed by atoms with Gasteiger partial charge in [-0.1, -0.05) is 30.3 Å². The van der Waals surface area contributed by atoms with Gasteiger partial charge in [-0.25, -0.2) is 9.97 Å². The van der Waals surface area contributed by atoms with Gasteiger partial charge in [-0.2, -0.15) is 8.42 Å². The van der Waals surface area contributed by atoms with E-state index in [1.165, 1.54) is 6.92 Å². The predicted octanol–water partition coefficient (Wildman–Crippen LogP) is 3.12. The molecule has 0 N–H and O–H groups in total. The van der Waals surface area contributed by atoms with Gasteiger partial charge in [-0.05, 0) is 31.4 Å². The molecule has 0 radical (unpaired) electrons. The topological polar surface area (TPSA) is 69.2 Å². The maximum absolute atomic E-state index is 13.2. The van der Waals surface area contributed by atoms with E-state index in [-0.39, 0.29) is 13.0 Å². The van der Waals surface area contributed by atoms with Crippen molar-refractivity contribution in [3.05, 3.63) is 59.7 Å². The fraction of sp³-hybridized carbons (Fsp3) is 0.375. The third-order valence-corrected chi connectivity index (χ3v) is 4.56. The Morgan fingerprint density at radius 1 is 1.17 bits per heavy atom. The summed E-state index contributed by atoms with van der Waals surface area (Å²) in [6, 6.07) is 9.43. The zero-order valence-electron chi connectivity index (χ0n) is 13.0. The molecule has 1 aromatic heterocycles. The number of hydrogen-bond donors (Lipinski definition) is 0. The Kier molecular flexibility index (Phi) is 5.79. The highest BCUT2D eigenvalue weighted by Crippen LogP contribution is 2.24. The summed E-state index contributed by atoms with van der Waals surface area (Å²) in [4.78, 5) is 8.35. The summed E-state index contributed by atoms with van der Waals surface area (Å²) in [7, 11) is -4.63. The molecule has 7 heteroatoms. The molecule has 0 aliphatic rings. The van der Waals surface area contributed by atoms with Gasteiger partial charge in [-0.3, -0.25) is 0 Å².